The highest BCUT2D eigenvalue weighted by Gasteiger charge is 1.96. The van der Waals surface area contributed by atoms with Gasteiger partial charge in [0.1, 0.15) is 5.82 Å². The third kappa shape index (κ3) is 4.64. The Bertz CT molecular complexity index is 717. The number of nitrogens with one attached hydrogen (secondary N) is 1. The molecule has 21 heavy (non-hydrogen) atoms. The molecule has 0 fully saturated rings. The van der Waals surface area contributed by atoms with E-state index < -0.39 is 0 Å². The zero-order valence-electron chi connectivity index (χ0n) is 11.0. The lowest BCUT2D eigenvalue weighted by molar-refractivity contribution is 1.31. The van der Waals surface area contributed by atoms with Gasteiger partial charge in [-0.2, -0.15) is 5.26 Å². The van der Waals surface area contributed by atoms with Gasteiger partial charge in [-0.05, 0) is 42.0 Å². The Morgan fingerprint density at radius 1 is 1.38 bits per heavy atom. The van der Waals surface area contributed by atoms with Crippen molar-refractivity contribution < 1.29 is 0 Å². The molecule has 2 rings (SSSR count). The Morgan fingerprint density at radius 3 is 2.95 bits per heavy atom. The number of aromatic nitrogens is 1. The van der Waals surface area contributed by atoms with Crippen molar-refractivity contribution in [1.82, 2.24) is 4.98 Å². The number of nitrogens with zero attached hydrogens (tertiary/aromatic N) is 3. The molecule has 0 bridgehead atoms. The van der Waals surface area contributed by atoms with E-state index >= 15 is 0 Å². The van der Waals surface area contributed by atoms with Crippen molar-refractivity contribution in [2.45, 2.75) is 0 Å². The number of guanidine groups is 1. The summed E-state index contributed by atoms with van der Waals surface area (Å²) in [5, 5.41) is 12.2. The molecule has 3 N–H and O–H groups in total. The van der Waals surface area contributed by atoms with Gasteiger partial charge < -0.3 is 11.1 Å². The molecule has 6 heteroatoms. The summed E-state index contributed by atoms with van der Waals surface area (Å²) in [5.74, 6) is 0.828. The van der Waals surface area contributed by atoms with Gasteiger partial charge in [-0.25, -0.2) is 9.98 Å². The second-order valence-electron chi connectivity index (χ2n) is 4.06. The quantitative estimate of drug-likeness (QED) is 0.673. The zero-order valence-corrected chi connectivity index (χ0v) is 11.7. The van der Waals surface area contributed by atoms with Crippen LogP contribution in [0.4, 0.5) is 5.82 Å². The Morgan fingerprint density at radius 2 is 2.24 bits per heavy atom. The molecule has 0 aliphatic carbocycles. The molecule has 0 radical (unpaired) electrons. The van der Waals surface area contributed by atoms with Crippen LogP contribution in [-0.2, 0) is 0 Å². The summed E-state index contributed by atoms with van der Waals surface area (Å²) in [7, 11) is 0. The van der Waals surface area contributed by atoms with E-state index in [1.54, 1.807) is 36.5 Å². The normalized spacial score (nSPS) is 11.3. The van der Waals surface area contributed by atoms with E-state index in [9.17, 15) is 0 Å². The van der Waals surface area contributed by atoms with Gasteiger partial charge in [0.15, 0.2) is 5.96 Å². The second-order valence-corrected chi connectivity index (χ2v) is 4.49. The zero-order chi connectivity index (χ0) is 15.1. The van der Waals surface area contributed by atoms with Crippen LogP contribution in [0.5, 0.6) is 0 Å². The van der Waals surface area contributed by atoms with Gasteiger partial charge in [0, 0.05) is 17.4 Å². The molecule has 0 amide bonds. The molecule has 0 saturated carbocycles. The molecular weight excluding hydrogens is 286 g/mol. The van der Waals surface area contributed by atoms with E-state index in [1.165, 1.54) is 6.20 Å². The average molecular weight is 298 g/mol. The predicted molar refractivity (Wildman–Crippen MR) is 84.7 cm³/mol. The van der Waals surface area contributed by atoms with Crippen LogP contribution in [0.2, 0.25) is 5.02 Å². The fourth-order valence-electron chi connectivity index (χ4n) is 1.58. The van der Waals surface area contributed by atoms with Gasteiger partial charge in [-0.1, -0.05) is 17.7 Å². The Hall–Kier alpha value is -2.84. The van der Waals surface area contributed by atoms with E-state index in [4.69, 9.17) is 22.6 Å². The molecule has 1 aromatic carbocycles. The number of rotatable bonds is 3. The van der Waals surface area contributed by atoms with E-state index in [-0.39, 0.29) is 5.96 Å². The molecule has 1 heterocycles. The molecule has 0 spiro atoms. The van der Waals surface area contributed by atoms with Gasteiger partial charge in [-0.15, -0.1) is 0 Å². The first-order chi connectivity index (χ1) is 10.2. The van der Waals surface area contributed by atoms with Gasteiger partial charge >= 0.3 is 0 Å². The third-order valence-corrected chi connectivity index (χ3v) is 2.67. The molecule has 0 saturated heterocycles. The molecule has 0 unspecified atom stereocenters. The number of aliphatic imine (C=N–C) groups is 1. The van der Waals surface area contributed by atoms with Crippen molar-refractivity contribution in [3.63, 3.8) is 0 Å². The Labute approximate surface area is 127 Å². The summed E-state index contributed by atoms with van der Waals surface area (Å²) in [5.41, 5.74) is 6.99. The number of anilines is 1. The lowest BCUT2D eigenvalue weighted by atomic mass is 10.1. The maximum Gasteiger partial charge on any atom is 0.198 e. The number of hydrogen-bond acceptors (Lipinski definition) is 3. The maximum atomic E-state index is 8.87. The lowest BCUT2D eigenvalue weighted by Gasteiger charge is -2.02. The average Bonchev–Trinajstić information content (AvgIpc) is 2.47. The van der Waals surface area contributed by atoms with Gasteiger partial charge in [0.2, 0.25) is 0 Å². The van der Waals surface area contributed by atoms with Crippen LogP contribution in [0.15, 0.2) is 53.8 Å². The topological polar surface area (TPSA) is 87.1 Å². The number of hydrogen-bond donors (Lipinski definition) is 2. The summed E-state index contributed by atoms with van der Waals surface area (Å²) >= 11 is 5.91. The minimum Gasteiger partial charge on any atom is -0.369 e. The number of pyridine rings is 1. The molecule has 5 nitrogen and oxygen atoms in total. The van der Waals surface area contributed by atoms with Crippen LogP contribution in [0.1, 0.15) is 11.1 Å². The van der Waals surface area contributed by atoms with Crippen LogP contribution in [0, 0.1) is 11.3 Å². The van der Waals surface area contributed by atoms with Gasteiger partial charge in [-0.3, -0.25) is 0 Å². The molecule has 0 aliphatic rings. The van der Waals surface area contributed by atoms with Crippen molar-refractivity contribution in [2.24, 2.45) is 10.7 Å². The van der Waals surface area contributed by atoms with Gasteiger partial charge in [0.05, 0.1) is 11.6 Å². The fraction of sp³-hybridized carbons (Fsp3) is 0. The summed E-state index contributed by atoms with van der Waals surface area (Å²) in [4.78, 5) is 8.11. The molecule has 2 aromatic rings. The second kappa shape index (κ2) is 7.08. The molecule has 1 aromatic heterocycles. The molecule has 104 valence electrons. The van der Waals surface area contributed by atoms with E-state index in [1.807, 2.05) is 18.2 Å². The van der Waals surface area contributed by atoms with E-state index in [2.05, 4.69) is 15.3 Å². The largest absolute Gasteiger partial charge is 0.369 e. The SMILES string of the molecule is N#Cc1cc(Cl)cc(/C=C/N=C(N)Nc2ccccn2)c1. The van der Waals surface area contributed by atoms with Crippen LogP contribution in [0.3, 0.4) is 0 Å². The first-order valence-corrected chi connectivity index (χ1v) is 6.44. The number of nitrogens with two attached hydrogens (primary N) is 1. The Kier molecular flexibility index (Phi) is 4.91. The van der Waals surface area contributed by atoms with E-state index in [0.29, 0.717) is 16.4 Å². The maximum absolute atomic E-state index is 8.87. The van der Waals surface area contributed by atoms with Crippen molar-refractivity contribution in [2.75, 3.05) is 5.32 Å². The minimum atomic E-state index is 0.215. The first-order valence-electron chi connectivity index (χ1n) is 6.06. The minimum absolute atomic E-state index is 0.215. The molecule has 0 atom stereocenters. The van der Waals surface area contributed by atoms with Crippen LogP contribution in [0.25, 0.3) is 6.08 Å². The van der Waals surface area contributed by atoms with Crippen molar-refractivity contribution in [3.8, 4) is 6.07 Å². The number of nitriles is 1. The predicted octanol–water partition coefficient (Wildman–Crippen LogP) is 3.00. The highest BCUT2D eigenvalue weighted by atomic mass is 35.5. The number of benzene rings is 1. The summed E-state index contributed by atoms with van der Waals surface area (Å²) < 4.78 is 0. The smallest absolute Gasteiger partial charge is 0.198 e. The van der Waals surface area contributed by atoms with Crippen LogP contribution >= 0.6 is 11.6 Å². The molecule has 0 aliphatic heterocycles. The Balaban J connectivity index is 2.06. The summed E-state index contributed by atoms with van der Waals surface area (Å²) in [6, 6.07) is 12.5. The highest BCUT2D eigenvalue weighted by molar-refractivity contribution is 6.30. The monoisotopic (exact) mass is 297 g/mol. The van der Waals surface area contributed by atoms with Gasteiger partial charge in [0.25, 0.3) is 0 Å². The third-order valence-electron chi connectivity index (χ3n) is 2.45. The van der Waals surface area contributed by atoms with Crippen molar-refractivity contribution >= 4 is 29.5 Å². The van der Waals surface area contributed by atoms with Crippen LogP contribution < -0.4 is 11.1 Å². The molecular formula is C15H12ClN5. The van der Waals surface area contributed by atoms with Crippen LogP contribution in [-0.4, -0.2) is 10.9 Å². The van der Waals surface area contributed by atoms with Crippen molar-refractivity contribution in [1.29, 1.82) is 5.26 Å². The van der Waals surface area contributed by atoms with E-state index in [0.717, 1.165) is 5.56 Å². The van der Waals surface area contributed by atoms with Crippen molar-refractivity contribution in [3.05, 3.63) is 64.9 Å². The lowest BCUT2D eigenvalue weighted by Crippen LogP contribution is -2.22. The summed E-state index contributed by atoms with van der Waals surface area (Å²) in [6.45, 7) is 0. The first kappa shape index (κ1) is 14.6. The highest BCUT2D eigenvalue weighted by Crippen LogP contribution is 2.15. The number of halogens is 1. The fourth-order valence-corrected chi connectivity index (χ4v) is 1.82. The summed E-state index contributed by atoms with van der Waals surface area (Å²) in [6.07, 6.45) is 4.89. The standard InChI is InChI=1S/C15H12ClN5/c16-13-8-11(7-12(9-13)10-17)4-6-20-15(18)21-14-3-1-2-5-19-14/h1-9H,(H3,18,19,20,21)/b6-4+.